The van der Waals surface area contributed by atoms with Gasteiger partial charge in [0.25, 0.3) is 5.91 Å². The maximum absolute atomic E-state index is 14.9. The van der Waals surface area contributed by atoms with Gasteiger partial charge in [-0.2, -0.15) is 0 Å². The van der Waals surface area contributed by atoms with Crippen molar-refractivity contribution in [3.05, 3.63) is 59.9 Å². The average Bonchev–Trinajstić information content (AvgIpc) is 2.63. The minimum atomic E-state index is -0.442. The van der Waals surface area contributed by atoms with Gasteiger partial charge in [0.2, 0.25) is 0 Å². The Morgan fingerprint density at radius 2 is 1.79 bits per heavy atom. The second-order valence-corrected chi connectivity index (χ2v) is 6.75. The molecule has 0 saturated carbocycles. The number of carbonyl (C=O) groups excluding carboxylic acids is 1. The van der Waals surface area contributed by atoms with Crippen LogP contribution < -0.4 is 5.32 Å². The zero-order valence-corrected chi connectivity index (χ0v) is 13.5. The second kappa shape index (κ2) is 6.36. The Morgan fingerprint density at radius 1 is 1.04 bits per heavy atom. The van der Waals surface area contributed by atoms with Gasteiger partial charge in [-0.3, -0.25) is 4.79 Å². The van der Waals surface area contributed by atoms with Gasteiger partial charge in [0.15, 0.2) is 0 Å². The highest BCUT2D eigenvalue weighted by Crippen LogP contribution is 2.29. The zero-order valence-electron chi connectivity index (χ0n) is 13.5. The van der Waals surface area contributed by atoms with E-state index in [1.165, 1.54) is 0 Å². The van der Waals surface area contributed by atoms with E-state index in [1.807, 2.05) is 30.3 Å². The first-order valence-electron chi connectivity index (χ1n) is 8.59. The molecule has 3 aliphatic heterocycles. The predicted octanol–water partition coefficient (Wildman–Crippen LogP) is 3.32. The van der Waals surface area contributed by atoms with Gasteiger partial charge in [-0.05, 0) is 43.5 Å². The van der Waals surface area contributed by atoms with Gasteiger partial charge < -0.3 is 10.2 Å². The van der Waals surface area contributed by atoms with E-state index in [0.717, 1.165) is 38.0 Å². The van der Waals surface area contributed by atoms with Gasteiger partial charge in [0.05, 0.1) is 5.56 Å². The Hall–Kier alpha value is -2.20. The van der Waals surface area contributed by atoms with Crippen LogP contribution in [-0.4, -0.2) is 36.5 Å². The van der Waals surface area contributed by atoms with E-state index in [-0.39, 0.29) is 17.5 Å². The summed E-state index contributed by atoms with van der Waals surface area (Å²) in [7, 11) is 0. The number of amides is 1. The van der Waals surface area contributed by atoms with Gasteiger partial charge in [0.1, 0.15) is 5.82 Å². The summed E-state index contributed by atoms with van der Waals surface area (Å²) in [6.07, 6.45) is 2.25. The quantitative estimate of drug-likeness (QED) is 0.939. The van der Waals surface area contributed by atoms with Gasteiger partial charge in [-0.15, -0.1) is 0 Å². The normalized spacial score (nSPS) is 25.5. The summed E-state index contributed by atoms with van der Waals surface area (Å²) in [5, 5.41) is 3.07. The van der Waals surface area contributed by atoms with Crippen molar-refractivity contribution in [2.24, 2.45) is 5.92 Å². The number of fused-ring (bicyclic) bond motifs is 3. The summed E-state index contributed by atoms with van der Waals surface area (Å²) in [5.41, 5.74) is 1.39. The van der Waals surface area contributed by atoms with Crippen molar-refractivity contribution >= 4 is 5.91 Å². The van der Waals surface area contributed by atoms with Crippen molar-refractivity contribution in [2.45, 2.75) is 18.9 Å². The number of halogens is 1. The van der Waals surface area contributed by atoms with Crippen LogP contribution in [-0.2, 0) is 0 Å². The van der Waals surface area contributed by atoms with Crippen LogP contribution >= 0.6 is 0 Å². The Bertz CT molecular complexity index is 739. The molecule has 1 atom stereocenters. The molecular formula is C20H21FN2O. The third-order valence-corrected chi connectivity index (χ3v) is 5.30. The Morgan fingerprint density at radius 3 is 2.46 bits per heavy atom. The first-order valence-corrected chi connectivity index (χ1v) is 8.59. The molecule has 3 heterocycles. The zero-order chi connectivity index (χ0) is 16.5. The number of nitrogens with one attached hydrogen (secondary N) is 1. The molecule has 0 spiro atoms. The third-order valence-electron chi connectivity index (χ3n) is 5.30. The van der Waals surface area contributed by atoms with Crippen LogP contribution in [0, 0.1) is 11.7 Å². The number of hydrogen-bond donors (Lipinski definition) is 1. The number of hydrogen-bond acceptors (Lipinski definition) is 2. The Kier molecular flexibility index (Phi) is 4.07. The molecule has 0 unspecified atom stereocenters. The Balaban J connectivity index is 1.57. The Labute approximate surface area is 141 Å². The van der Waals surface area contributed by atoms with Crippen LogP contribution in [0.2, 0.25) is 0 Å². The van der Waals surface area contributed by atoms with Crippen molar-refractivity contribution in [3.8, 4) is 11.1 Å². The fourth-order valence-electron chi connectivity index (χ4n) is 3.92. The molecule has 1 N–H and O–H groups in total. The highest BCUT2D eigenvalue weighted by Gasteiger charge is 2.35. The van der Waals surface area contributed by atoms with Crippen molar-refractivity contribution < 1.29 is 9.18 Å². The summed E-state index contributed by atoms with van der Waals surface area (Å²) in [4.78, 5) is 15.0. The molecule has 3 saturated heterocycles. The van der Waals surface area contributed by atoms with Gasteiger partial charge in [-0.1, -0.05) is 42.5 Å². The minimum absolute atomic E-state index is 0.132. The second-order valence-electron chi connectivity index (χ2n) is 6.75. The molecule has 24 heavy (non-hydrogen) atoms. The molecule has 2 aromatic carbocycles. The molecule has 4 heteroatoms. The molecule has 1 amide bonds. The summed E-state index contributed by atoms with van der Waals surface area (Å²) in [6, 6.07) is 14.5. The van der Waals surface area contributed by atoms with E-state index in [0.29, 0.717) is 11.5 Å². The molecule has 5 rings (SSSR count). The van der Waals surface area contributed by atoms with Gasteiger partial charge in [0, 0.05) is 18.2 Å². The summed E-state index contributed by atoms with van der Waals surface area (Å²) in [6.45, 7) is 3.13. The van der Waals surface area contributed by atoms with E-state index < -0.39 is 5.82 Å². The van der Waals surface area contributed by atoms with Crippen molar-refractivity contribution in [3.63, 3.8) is 0 Å². The molecule has 3 fully saturated rings. The van der Waals surface area contributed by atoms with Crippen LogP contribution in [0.4, 0.5) is 4.39 Å². The van der Waals surface area contributed by atoms with E-state index in [9.17, 15) is 9.18 Å². The highest BCUT2D eigenvalue weighted by atomic mass is 19.1. The molecule has 0 aromatic heterocycles. The smallest absolute Gasteiger partial charge is 0.254 e. The van der Waals surface area contributed by atoms with E-state index >= 15 is 0 Å². The molecular weight excluding hydrogens is 303 g/mol. The van der Waals surface area contributed by atoms with Gasteiger partial charge >= 0.3 is 0 Å². The predicted molar refractivity (Wildman–Crippen MR) is 92.3 cm³/mol. The van der Waals surface area contributed by atoms with Crippen LogP contribution in [0.1, 0.15) is 23.2 Å². The van der Waals surface area contributed by atoms with E-state index in [4.69, 9.17) is 0 Å². The lowest BCUT2D eigenvalue weighted by Crippen LogP contribution is -2.57. The molecule has 3 aliphatic rings. The van der Waals surface area contributed by atoms with Crippen molar-refractivity contribution in [1.29, 1.82) is 0 Å². The van der Waals surface area contributed by atoms with E-state index in [2.05, 4.69) is 10.2 Å². The number of benzene rings is 2. The monoisotopic (exact) mass is 324 g/mol. The molecule has 2 aromatic rings. The standard InChI is InChI=1S/C20H21FN2O/c21-19-16(14-5-2-1-3-6-14)7-4-8-17(19)20(24)22-18-13-23-11-9-15(18)10-12-23/h1-8,15,18H,9-13H2,(H,22,24)/t18-/m0/s1. The molecule has 0 radical (unpaired) electrons. The first-order chi connectivity index (χ1) is 11.7. The lowest BCUT2D eigenvalue weighted by Gasteiger charge is -2.44. The number of nitrogens with zero attached hydrogens (tertiary/aromatic N) is 1. The van der Waals surface area contributed by atoms with Crippen LogP contribution in [0.15, 0.2) is 48.5 Å². The lowest BCUT2D eigenvalue weighted by atomic mass is 9.84. The van der Waals surface area contributed by atoms with E-state index in [1.54, 1.807) is 18.2 Å². The molecule has 124 valence electrons. The topological polar surface area (TPSA) is 32.3 Å². The van der Waals surface area contributed by atoms with Crippen molar-refractivity contribution in [1.82, 2.24) is 10.2 Å². The fraction of sp³-hybridized carbons (Fsp3) is 0.350. The average molecular weight is 324 g/mol. The van der Waals surface area contributed by atoms with Crippen LogP contribution in [0.3, 0.4) is 0 Å². The maximum Gasteiger partial charge on any atom is 0.254 e. The summed E-state index contributed by atoms with van der Waals surface area (Å²) < 4.78 is 14.9. The number of rotatable bonds is 3. The molecule has 0 aliphatic carbocycles. The largest absolute Gasteiger partial charge is 0.348 e. The SMILES string of the molecule is O=C(N[C@H]1CN2CCC1CC2)c1cccc(-c2ccccc2)c1F. The number of carbonyl (C=O) groups is 1. The van der Waals surface area contributed by atoms with Gasteiger partial charge in [-0.25, -0.2) is 4.39 Å². The molecule has 3 nitrogen and oxygen atoms in total. The highest BCUT2D eigenvalue weighted by molar-refractivity contribution is 5.96. The fourth-order valence-corrected chi connectivity index (χ4v) is 3.92. The van der Waals surface area contributed by atoms with Crippen LogP contribution in [0.25, 0.3) is 11.1 Å². The van der Waals surface area contributed by atoms with Crippen LogP contribution in [0.5, 0.6) is 0 Å². The summed E-state index contributed by atoms with van der Waals surface area (Å²) in [5.74, 6) is -0.217. The first kappa shape index (κ1) is 15.3. The number of piperidine rings is 3. The minimum Gasteiger partial charge on any atom is -0.348 e. The third kappa shape index (κ3) is 2.82. The molecule has 2 bridgehead atoms. The van der Waals surface area contributed by atoms with Crippen molar-refractivity contribution in [2.75, 3.05) is 19.6 Å². The lowest BCUT2D eigenvalue weighted by molar-refractivity contribution is 0.0618. The summed E-state index contributed by atoms with van der Waals surface area (Å²) >= 11 is 0. The maximum atomic E-state index is 14.9.